The normalized spacial score (nSPS) is 18.1. The van der Waals surface area contributed by atoms with E-state index < -0.39 is 12.8 Å². The molecule has 0 aromatic rings. The molecule has 106 valence electrons. The predicted molar refractivity (Wildman–Crippen MR) is 60.2 cm³/mol. The summed E-state index contributed by atoms with van der Waals surface area (Å²) in [4.78, 5) is 13.6. The van der Waals surface area contributed by atoms with Gasteiger partial charge in [0.1, 0.15) is 6.61 Å². The van der Waals surface area contributed by atoms with Gasteiger partial charge in [-0.2, -0.15) is 13.2 Å². The maximum absolute atomic E-state index is 11.8. The molecule has 1 saturated heterocycles. The molecule has 7 heteroatoms. The van der Waals surface area contributed by atoms with Crippen LogP contribution in [0.4, 0.5) is 13.2 Å². The van der Waals surface area contributed by atoms with Crippen molar-refractivity contribution in [1.29, 1.82) is 0 Å². The molecule has 1 unspecified atom stereocenters. The van der Waals surface area contributed by atoms with Gasteiger partial charge in [0, 0.05) is 19.6 Å². The SMILES string of the molecule is CC(NCCOCC(F)(F)F)C(=O)N1CCCC1. The van der Waals surface area contributed by atoms with Crippen LogP contribution in [0.25, 0.3) is 0 Å². The van der Waals surface area contributed by atoms with Gasteiger partial charge in [0.25, 0.3) is 0 Å². The Kier molecular flexibility index (Phi) is 5.87. The number of alkyl halides is 3. The average Bonchev–Trinajstić information content (AvgIpc) is 2.79. The highest BCUT2D eigenvalue weighted by molar-refractivity contribution is 5.81. The Hall–Kier alpha value is -0.820. The van der Waals surface area contributed by atoms with Gasteiger partial charge in [0.05, 0.1) is 12.6 Å². The van der Waals surface area contributed by atoms with Gasteiger partial charge >= 0.3 is 6.18 Å². The number of hydrogen-bond acceptors (Lipinski definition) is 3. The third-order valence-electron chi connectivity index (χ3n) is 2.75. The van der Waals surface area contributed by atoms with E-state index in [1.807, 2.05) is 0 Å². The molecule has 1 heterocycles. The number of amides is 1. The largest absolute Gasteiger partial charge is 0.411 e. The first-order chi connectivity index (χ1) is 8.40. The van der Waals surface area contributed by atoms with E-state index in [-0.39, 0.29) is 25.1 Å². The van der Waals surface area contributed by atoms with E-state index in [1.54, 1.807) is 11.8 Å². The minimum atomic E-state index is -4.29. The first-order valence-corrected chi connectivity index (χ1v) is 6.07. The summed E-state index contributed by atoms with van der Waals surface area (Å²) in [5.41, 5.74) is 0. The number of carbonyl (C=O) groups excluding carboxylic acids is 1. The molecule has 0 saturated carbocycles. The number of nitrogens with one attached hydrogen (secondary N) is 1. The number of likely N-dealkylation sites (tertiary alicyclic amines) is 1. The van der Waals surface area contributed by atoms with Gasteiger partial charge in [-0.1, -0.05) is 0 Å². The third kappa shape index (κ3) is 5.68. The third-order valence-corrected chi connectivity index (χ3v) is 2.75. The van der Waals surface area contributed by atoms with Gasteiger partial charge in [-0.3, -0.25) is 4.79 Å². The Morgan fingerprint density at radius 2 is 2.00 bits per heavy atom. The molecule has 18 heavy (non-hydrogen) atoms. The van der Waals surface area contributed by atoms with Crippen LogP contribution in [0.5, 0.6) is 0 Å². The van der Waals surface area contributed by atoms with Crippen molar-refractivity contribution < 1.29 is 22.7 Å². The monoisotopic (exact) mass is 268 g/mol. The molecule has 1 rings (SSSR count). The van der Waals surface area contributed by atoms with Crippen molar-refractivity contribution in [3.63, 3.8) is 0 Å². The zero-order valence-electron chi connectivity index (χ0n) is 10.4. The minimum Gasteiger partial charge on any atom is -0.371 e. The summed E-state index contributed by atoms with van der Waals surface area (Å²) in [5, 5.41) is 2.86. The number of carbonyl (C=O) groups is 1. The van der Waals surface area contributed by atoms with Gasteiger partial charge < -0.3 is 15.0 Å². The molecule has 1 fully saturated rings. The molecule has 1 N–H and O–H groups in total. The number of rotatable bonds is 6. The molecule has 0 aliphatic carbocycles. The van der Waals surface area contributed by atoms with Crippen molar-refractivity contribution in [2.24, 2.45) is 0 Å². The first-order valence-electron chi connectivity index (χ1n) is 6.07. The Labute approximate surface area is 104 Å². The molecule has 0 aromatic heterocycles. The van der Waals surface area contributed by atoms with Gasteiger partial charge in [-0.05, 0) is 19.8 Å². The summed E-state index contributed by atoms with van der Waals surface area (Å²) in [6.07, 6.45) is -2.25. The molecule has 0 radical (unpaired) electrons. The van der Waals surface area contributed by atoms with E-state index in [1.165, 1.54) is 0 Å². The molecular formula is C11H19F3N2O2. The van der Waals surface area contributed by atoms with Gasteiger partial charge in [-0.25, -0.2) is 0 Å². The molecule has 0 aromatic carbocycles. The number of halogens is 3. The van der Waals surface area contributed by atoms with E-state index in [0.717, 1.165) is 25.9 Å². The summed E-state index contributed by atoms with van der Waals surface area (Å²) in [5.74, 6) is 0.00308. The van der Waals surface area contributed by atoms with E-state index in [0.29, 0.717) is 0 Å². The van der Waals surface area contributed by atoms with E-state index in [9.17, 15) is 18.0 Å². The van der Waals surface area contributed by atoms with Crippen LogP contribution < -0.4 is 5.32 Å². The van der Waals surface area contributed by atoms with Crippen LogP contribution in [-0.4, -0.2) is 55.9 Å². The molecule has 1 aliphatic heterocycles. The fourth-order valence-electron chi connectivity index (χ4n) is 1.83. The van der Waals surface area contributed by atoms with Crippen LogP contribution in [0, 0.1) is 0 Å². The predicted octanol–water partition coefficient (Wildman–Crippen LogP) is 1.17. The first kappa shape index (κ1) is 15.2. The number of nitrogens with zero attached hydrogens (tertiary/aromatic N) is 1. The highest BCUT2D eigenvalue weighted by Gasteiger charge is 2.27. The molecule has 0 spiro atoms. The standard InChI is InChI=1S/C11H19F3N2O2/c1-9(10(17)16-5-2-3-6-16)15-4-7-18-8-11(12,13)14/h9,15H,2-8H2,1H3. The van der Waals surface area contributed by atoms with Crippen molar-refractivity contribution in [2.75, 3.05) is 32.8 Å². The quantitative estimate of drug-likeness (QED) is 0.735. The summed E-state index contributed by atoms with van der Waals surface area (Å²) < 4.78 is 39.7. The summed E-state index contributed by atoms with van der Waals surface area (Å²) in [7, 11) is 0. The Bertz CT molecular complexity index is 266. The van der Waals surface area contributed by atoms with Crippen LogP contribution in [-0.2, 0) is 9.53 Å². The highest BCUT2D eigenvalue weighted by Crippen LogP contribution is 2.14. The Balaban J connectivity index is 2.09. The lowest BCUT2D eigenvalue weighted by Crippen LogP contribution is -2.44. The van der Waals surface area contributed by atoms with Crippen LogP contribution in [0.1, 0.15) is 19.8 Å². The van der Waals surface area contributed by atoms with Crippen molar-refractivity contribution in [3.8, 4) is 0 Å². The van der Waals surface area contributed by atoms with Crippen molar-refractivity contribution in [3.05, 3.63) is 0 Å². The van der Waals surface area contributed by atoms with Crippen molar-refractivity contribution >= 4 is 5.91 Å². The van der Waals surface area contributed by atoms with E-state index in [2.05, 4.69) is 10.1 Å². The Morgan fingerprint density at radius 3 is 2.56 bits per heavy atom. The Morgan fingerprint density at radius 1 is 1.39 bits per heavy atom. The average molecular weight is 268 g/mol. The van der Waals surface area contributed by atoms with E-state index in [4.69, 9.17) is 0 Å². The highest BCUT2D eigenvalue weighted by atomic mass is 19.4. The lowest BCUT2D eigenvalue weighted by molar-refractivity contribution is -0.173. The van der Waals surface area contributed by atoms with Crippen LogP contribution >= 0.6 is 0 Å². The zero-order valence-corrected chi connectivity index (χ0v) is 10.4. The smallest absolute Gasteiger partial charge is 0.371 e. The summed E-state index contributed by atoms with van der Waals surface area (Å²) in [6, 6.07) is -0.377. The number of hydrogen-bond donors (Lipinski definition) is 1. The second-order valence-corrected chi connectivity index (χ2v) is 4.38. The minimum absolute atomic E-state index is 0.00308. The maximum atomic E-state index is 11.8. The van der Waals surface area contributed by atoms with Crippen molar-refractivity contribution in [1.82, 2.24) is 10.2 Å². The van der Waals surface area contributed by atoms with Crippen LogP contribution in [0.3, 0.4) is 0 Å². The van der Waals surface area contributed by atoms with Crippen LogP contribution in [0.2, 0.25) is 0 Å². The van der Waals surface area contributed by atoms with Gasteiger partial charge in [0.15, 0.2) is 0 Å². The lowest BCUT2D eigenvalue weighted by Gasteiger charge is -2.21. The summed E-state index contributed by atoms with van der Waals surface area (Å²) in [6.45, 7) is 2.19. The van der Waals surface area contributed by atoms with Gasteiger partial charge in [0.2, 0.25) is 5.91 Å². The molecule has 0 bridgehead atoms. The maximum Gasteiger partial charge on any atom is 0.411 e. The second-order valence-electron chi connectivity index (χ2n) is 4.38. The van der Waals surface area contributed by atoms with Crippen LogP contribution in [0.15, 0.2) is 0 Å². The molecule has 1 amide bonds. The molecule has 4 nitrogen and oxygen atoms in total. The fourth-order valence-corrected chi connectivity index (χ4v) is 1.83. The zero-order chi connectivity index (χ0) is 13.6. The fraction of sp³-hybridized carbons (Fsp3) is 0.909. The lowest BCUT2D eigenvalue weighted by atomic mass is 10.3. The summed E-state index contributed by atoms with van der Waals surface area (Å²) >= 11 is 0. The van der Waals surface area contributed by atoms with E-state index >= 15 is 0 Å². The van der Waals surface area contributed by atoms with Crippen molar-refractivity contribution in [2.45, 2.75) is 32.0 Å². The second kappa shape index (κ2) is 6.94. The molecular weight excluding hydrogens is 249 g/mol. The number of ether oxygens (including phenoxy) is 1. The molecule has 1 atom stereocenters. The topological polar surface area (TPSA) is 41.6 Å². The molecule has 1 aliphatic rings. The van der Waals surface area contributed by atoms with Gasteiger partial charge in [-0.15, -0.1) is 0 Å².